The molecule has 1 aromatic carbocycles. The number of carbonyl (C=O) groups excluding carboxylic acids is 1. The summed E-state index contributed by atoms with van der Waals surface area (Å²) in [5, 5.41) is 13.7. The number of benzene rings is 1. The second-order valence-electron chi connectivity index (χ2n) is 6.27. The van der Waals surface area contributed by atoms with Crippen LogP contribution in [-0.2, 0) is 19.4 Å². The lowest BCUT2D eigenvalue weighted by Crippen LogP contribution is -2.47. The van der Waals surface area contributed by atoms with Gasteiger partial charge in [0, 0.05) is 38.7 Å². The second-order valence-corrected chi connectivity index (χ2v) is 6.27. The van der Waals surface area contributed by atoms with Crippen molar-refractivity contribution in [2.45, 2.75) is 31.8 Å². The van der Waals surface area contributed by atoms with Crippen LogP contribution in [0.2, 0.25) is 0 Å². The highest BCUT2D eigenvalue weighted by Crippen LogP contribution is 2.11. The lowest BCUT2D eigenvalue weighted by molar-refractivity contribution is 0.0963. The van der Waals surface area contributed by atoms with Crippen molar-refractivity contribution in [3.05, 3.63) is 47.5 Å². The van der Waals surface area contributed by atoms with E-state index in [-0.39, 0.29) is 11.9 Å². The standard InChI is InChI=1S/C18H25N7O/c1-19-17(26)14-5-3-4-13(10-14)8-9-21-18(20-2)24-15-6-7-16-22-12-23-25(16)11-15/h3-5,10,12,15H,6-9,11H2,1-2H3,(H,19,26)(H2,20,21,24). The first-order valence-corrected chi connectivity index (χ1v) is 8.84. The first-order valence-electron chi connectivity index (χ1n) is 8.84. The quantitative estimate of drug-likeness (QED) is 0.532. The molecular formula is C18H25N7O. The highest BCUT2D eigenvalue weighted by atomic mass is 16.1. The van der Waals surface area contributed by atoms with E-state index in [4.69, 9.17) is 0 Å². The van der Waals surface area contributed by atoms with E-state index in [0.29, 0.717) is 5.56 Å². The summed E-state index contributed by atoms with van der Waals surface area (Å²) in [6.45, 7) is 1.53. The van der Waals surface area contributed by atoms with Crippen molar-refractivity contribution in [2.75, 3.05) is 20.6 Å². The Morgan fingerprint density at radius 3 is 3.12 bits per heavy atom. The van der Waals surface area contributed by atoms with E-state index >= 15 is 0 Å². The molecule has 1 aliphatic heterocycles. The monoisotopic (exact) mass is 355 g/mol. The van der Waals surface area contributed by atoms with Gasteiger partial charge in [0.25, 0.3) is 5.91 Å². The number of nitrogens with zero attached hydrogens (tertiary/aromatic N) is 4. The molecule has 0 aliphatic carbocycles. The molecule has 26 heavy (non-hydrogen) atoms. The van der Waals surface area contributed by atoms with E-state index < -0.39 is 0 Å². The van der Waals surface area contributed by atoms with Gasteiger partial charge in [-0.1, -0.05) is 12.1 Å². The van der Waals surface area contributed by atoms with Crippen molar-refractivity contribution in [3.8, 4) is 0 Å². The zero-order valence-corrected chi connectivity index (χ0v) is 15.2. The number of aryl methyl sites for hydroxylation is 1. The number of carbonyl (C=O) groups is 1. The van der Waals surface area contributed by atoms with Crippen molar-refractivity contribution in [1.82, 2.24) is 30.7 Å². The summed E-state index contributed by atoms with van der Waals surface area (Å²) < 4.78 is 1.94. The summed E-state index contributed by atoms with van der Waals surface area (Å²) in [6, 6.07) is 7.96. The van der Waals surface area contributed by atoms with Crippen LogP contribution < -0.4 is 16.0 Å². The number of nitrogens with one attached hydrogen (secondary N) is 3. The lowest BCUT2D eigenvalue weighted by atomic mass is 10.1. The Kier molecular flexibility index (Phi) is 5.83. The Morgan fingerprint density at radius 1 is 1.42 bits per heavy atom. The predicted octanol–water partition coefficient (Wildman–Crippen LogP) is 0.360. The minimum atomic E-state index is -0.0675. The van der Waals surface area contributed by atoms with E-state index in [0.717, 1.165) is 49.7 Å². The number of amides is 1. The van der Waals surface area contributed by atoms with Crippen LogP contribution in [0.4, 0.5) is 0 Å². The number of hydrogen-bond donors (Lipinski definition) is 3. The Balaban J connectivity index is 1.48. The number of aliphatic imine (C=N–C) groups is 1. The summed E-state index contributed by atoms with van der Waals surface area (Å²) in [5.41, 5.74) is 1.79. The molecule has 0 spiro atoms. The maximum atomic E-state index is 11.7. The van der Waals surface area contributed by atoms with Gasteiger partial charge >= 0.3 is 0 Å². The zero-order valence-electron chi connectivity index (χ0n) is 15.2. The maximum Gasteiger partial charge on any atom is 0.251 e. The largest absolute Gasteiger partial charge is 0.356 e. The van der Waals surface area contributed by atoms with Crippen LogP contribution in [0.5, 0.6) is 0 Å². The molecule has 1 atom stereocenters. The van der Waals surface area contributed by atoms with Crippen LogP contribution in [-0.4, -0.2) is 53.3 Å². The Bertz CT molecular complexity index is 783. The Labute approximate surface area is 153 Å². The maximum absolute atomic E-state index is 11.7. The van der Waals surface area contributed by atoms with Crippen molar-refractivity contribution >= 4 is 11.9 Å². The van der Waals surface area contributed by atoms with Gasteiger partial charge < -0.3 is 16.0 Å². The van der Waals surface area contributed by atoms with Gasteiger partial charge in [-0.2, -0.15) is 5.10 Å². The van der Waals surface area contributed by atoms with Crippen molar-refractivity contribution in [3.63, 3.8) is 0 Å². The molecule has 3 rings (SSSR count). The number of fused-ring (bicyclic) bond motifs is 1. The highest BCUT2D eigenvalue weighted by Gasteiger charge is 2.20. The van der Waals surface area contributed by atoms with E-state index in [2.05, 4.69) is 31.0 Å². The number of guanidine groups is 1. The fraction of sp³-hybridized carbons (Fsp3) is 0.444. The van der Waals surface area contributed by atoms with Crippen LogP contribution >= 0.6 is 0 Å². The second kappa shape index (κ2) is 8.46. The highest BCUT2D eigenvalue weighted by molar-refractivity contribution is 5.94. The van der Waals surface area contributed by atoms with Crippen molar-refractivity contribution in [2.24, 2.45) is 4.99 Å². The molecule has 2 heterocycles. The molecule has 0 saturated heterocycles. The molecule has 3 N–H and O–H groups in total. The van der Waals surface area contributed by atoms with Crippen LogP contribution in [0.1, 0.15) is 28.2 Å². The van der Waals surface area contributed by atoms with E-state index in [1.54, 1.807) is 20.4 Å². The molecular weight excluding hydrogens is 330 g/mol. The van der Waals surface area contributed by atoms with E-state index in [1.807, 2.05) is 28.9 Å². The fourth-order valence-corrected chi connectivity index (χ4v) is 3.08. The average Bonchev–Trinajstić information content (AvgIpc) is 3.14. The van der Waals surface area contributed by atoms with Gasteiger partial charge in [-0.05, 0) is 30.5 Å². The topological polar surface area (TPSA) is 96.2 Å². The molecule has 1 amide bonds. The van der Waals surface area contributed by atoms with Crippen LogP contribution in [0.25, 0.3) is 0 Å². The molecule has 138 valence electrons. The third-order valence-electron chi connectivity index (χ3n) is 4.49. The van der Waals surface area contributed by atoms with Crippen molar-refractivity contribution < 1.29 is 4.79 Å². The Morgan fingerprint density at radius 2 is 2.31 bits per heavy atom. The fourth-order valence-electron chi connectivity index (χ4n) is 3.08. The van der Waals surface area contributed by atoms with Gasteiger partial charge in [0.1, 0.15) is 12.2 Å². The van der Waals surface area contributed by atoms with Gasteiger partial charge in [-0.3, -0.25) is 9.79 Å². The molecule has 1 unspecified atom stereocenters. The minimum Gasteiger partial charge on any atom is -0.356 e. The minimum absolute atomic E-state index is 0.0675. The number of rotatable bonds is 5. The molecule has 0 saturated carbocycles. The predicted molar refractivity (Wildman–Crippen MR) is 100 cm³/mol. The summed E-state index contributed by atoms with van der Waals surface area (Å²) in [7, 11) is 3.41. The zero-order chi connectivity index (χ0) is 18.4. The summed E-state index contributed by atoms with van der Waals surface area (Å²) in [6.07, 6.45) is 4.34. The van der Waals surface area contributed by atoms with Gasteiger partial charge in [0.15, 0.2) is 5.96 Å². The summed E-state index contributed by atoms with van der Waals surface area (Å²) in [4.78, 5) is 20.3. The molecule has 2 aromatic rings. The first kappa shape index (κ1) is 17.9. The normalized spacial score (nSPS) is 16.7. The average molecular weight is 355 g/mol. The third kappa shape index (κ3) is 4.38. The molecule has 0 fully saturated rings. The smallest absolute Gasteiger partial charge is 0.251 e. The van der Waals surface area contributed by atoms with Gasteiger partial charge in [0.05, 0.1) is 6.54 Å². The lowest BCUT2D eigenvalue weighted by Gasteiger charge is -2.25. The van der Waals surface area contributed by atoms with Gasteiger partial charge in [-0.25, -0.2) is 9.67 Å². The molecule has 0 radical (unpaired) electrons. The summed E-state index contributed by atoms with van der Waals surface area (Å²) in [5.74, 6) is 1.75. The summed E-state index contributed by atoms with van der Waals surface area (Å²) >= 11 is 0. The van der Waals surface area contributed by atoms with Crippen LogP contribution in [0.15, 0.2) is 35.6 Å². The SMILES string of the molecule is CN=C(NCCc1cccc(C(=O)NC)c1)NC1CCc2ncnn2C1. The molecule has 8 nitrogen and oxygen atoms in total. The van der Waals surface area contributed by atoms with Gasteiger partial charge in [0.2, 0.25) is 0 Å². The molecule has 1 aliphatic rings. The van der Waals surface area contributed by atoms with Crippen LogP contribution in [0, 0.1) is 0 Å². The first-order chi connectivity index (χ1) is 12.7. The van der Waals surface area contributed by atoms with E-state index in [1.165, 1.54) is 0 Å². The van der Waals surface area contributed by atoms with E-state index in [9.17, 15) is 4.79 Å². The molecule has 0 bridgehead atoms. The van der Waals surface area contributed by atoms with Crippen LogP contribution in [0.3, 0.4) is 0 Å². The van der Waals surface area contributed by atoms with Gasteiger partial charge in [-0.15, -0.1) is 0 Å². The Hall–Kier alpha value is -2.90. The van der Waals surface area contributed by atoms with Crippen molar-refractivity contribution in [1.29, 1.82) is 0 Å². The number of aromatic nitrogens is 3. The number of hydrogen-bond acceptors (Lipinski definition) is 4. The third-order valence-corrected chi connectivity index (χ3v) is 4.49. The molecule has 1 aromatic heterocycles. The molecule has 8 heteroatoms.